The van der Waals surface area contributed by atoms with E-state index in [0.29, 0.717) is 35.6 Å². The molecule has 3 aromatic rings. The molecule has 0 amide bonds. The summed E-state index contributed by atoms with van der Waals surface area (Å²) in [5.74, 6) is 1.11. The fraction of sp³-hybridized carbons (Fsp3) is 0.409. The van der Waals surface area contributed by atoms with Gasteiger partial charge in [0.05, 0.1) is 41.5 Å². The standard InChI is InChI=1S/C22H28N4O5.ClH/c1-22(2,27)13-23-8-5-9-24-21-15-7-6-14(26(28)29)10-17(15)25-18-12-20(31-4)19(30-3)11-16(18)21;/h6-7,10-12,23,27H,5,8-9,13H2,1-4H3,(H,24,25);1H/p-1. The van der Waals surface area contributed by atoms with Gasteiger partial charge in [-0.05, 0) is 38.9 Å². The maximum absolute atomic E-state index is 11.2. The number of nitrogens with zero attached hydrogens (tertiary/aromatic N) is 2. The number of methoxy groups -OCH3 is 2. The molecule has 2 aromatic carbocycles. The summed E-state index contributed by atoms with van der Waals surface area (Å²) in [6.45, 7) is 5.43. The lowest BCUT2D eigenvalue weighted by atomic mass is 10.1. The molecule has 0 spiro atoms. The third-order valence-corrected chi connectivity index (χ3v) is 4.86. The van der Waals surface area contributed by atoms with Crippen molar-refractivity contribution >= 4 is 33.2 Å². The minimum atomic E-state index is -0.755. The van der Waals surface area contributed by atoms with Gasteiger partial charge in [-0.25, -0.2) is 4.98 Å². The summed E-state index contributed by atoms with van der Waals surface area (Å²) in [7, 11) is 3.12. The molecule has 0 saturated heterocycles. The van der Waals surface area contributed by atoms with Gasteiger partial charge in [0, 0.05) is 42.1 Å². The van der Waals surface area contributed by atoms with E-state index in [0.717, 1.165) is 29.4 Å². The molecular formula is C22H28ClN4O5-. The Balaban J connectivity index is 0.00000363. The maximum Gasteiger partial charge on any atom is 0.271 e. The highest BCUT2D eigenvalue weighted by atomic mass is 35.5. The largest absolute Gasteiger partial charge is 1.00 e. The van der Waals surface area contributed by atoms with Crippen molar-refractivity contribution in [3.63, 3.8) is 0 Å². The molecule has 10 heteroatoms. The van der Waals surface area contributed by atoms with Crippen molar-refractivity contribution in [2.75, 3.05) is 39.2 Å². The first-order valence-electron chi connectivity index (χ1n) is 10.0. The number of aliphatic hydroxyl groups is 1. The van der Waals surface area contributed by atoms with Crippen LogP contribution in [0.4, 0.5) is 11.4 Å². The first kappa shape index (κ1) is 25.4. The number of ether oxygens (including phenoxy) is 2. The fourth-order valence-electron chi connectivity index (χ4n) is 3.38. The van der Waals surface area contributed by atoms with Gasteiger partial charge in [0.25, 0.3) is 5.69 Å². The van der Waals surface area contributed by atoms with E-state index >= 15 is 0 Å². The van der Waals surface area contributed by atoms with Crippen LogP contribution in [0.15, 0.2) is 30.3 Å². The van der Waals surface area contributed by atoms with Crippen LogP contribution in [0.3, 0.4) is 0 Å². The number of rotatable bonds is 10. The number of hydrogen-bond donors (Lipinski definition) is 3. The van der Waals surface area contributed by atoms with Crippen LogP contribution in [0.5, 0.6) is 11.5 Å². The van der Waals surface area contributed by atoms with Crippen molar-refractivity contribution < 1.29 is 31.9 Å². The fourth-order valence-corrected chi connectivity index (χ4v) is 3.38. The Labute approximate surface area is 192 Å². The van der Waals surface area contributed by atoms with Crippen LogP contribution < -0.4 is 32.5 Å². The second kappa shape index (κ2) is 10.6. The Bertz CT molecular complexity index is 1100. The zero-order chi connectivity index (χ0) is 22.6. The number of halogens is 1. The Kier molecular flexibility index (Phi) is 8.43. The molecule has 1 heterocycles. The maximum atomic E-state index is 11.2. The quantitative estimate of drug-likeness (QED) is 0.172. The summed E-state index contributed by atoms with van der Waals surface area (Å²) >= 11 is 0. The number of anilines is 1. The predicted molar refractivity (Wildman–Crippen MR) is 121 cm³/mol. The lowest BCUT2D eigenvalue weighted by Gasteiger charge is -2.18. The molecule has 1 aromatic heterocycles. The predicted octanol–water partition coefficient (Wildman–Crippen LogP) is 0.480. The van der Waals surface area contributed by atoms with Gasteiger partial charge in [-0.3, -0.25) is 10.1 Å². The molecular weight excluding hydrogens is 436 g/mol. The second-order valence-corrected chi connectivity index (χ2v) is 7.94. The summed E-state index contributed by atoms with van der Waals surface area (Å²) in [6.07, 6.45) is 0.821. The molecule has 0 aliphatic carbocycles. The number of aromatic nitrogens is 1. The third-order valence-electron chi connectivity index (χ3n) is 4.86. The minimum Gasteiger partial charge on any atom is -1.00 e. The third kappa shape index (κ3) is 5.87. The molecule has 0 aliphatic heterocycles. The van der Waals surface area contributed by atoms with E-state index in [-0.39, 0.29) is 18.1 Å². The van der Waals surface area contributed by atoms with Gasteiger partial charge in [0.2, 0.25) is 0 Å². The number of nitro groups is 1. The van der Waals surface area contributed by atoms with Crippen molar-refractivity contribution in [3.8, 4) is 11.5 Å². The molecule has 0 aliphatic rings. The number of non-ortho nitro benzene ring substituents is 1. The lowest BCUT2D eigenvalue weighted by Crippen LogP contribution is -3.00. The van der Waals surface area contributed by atoms with E-state index in [1.54, 1.807) is 40.2 Å². The van der Waals surface area contributed by atoms with Crippen molar-refractivity contribution in [1.29, 1.82) is 0 Å². The number of fused-ring (bicyclic) bond motifs is 2. The van der Waals surface area contributed by atoms with E-state index in [1.807, 2.05) is 6.07 Å². The van der Waals surface area contributed by atoms with E-state index in [1.165, 1.54) is 12.1 Å². The first-order valence-corrected chi connectivity index (χ1v) is 10.0. The van der Waals surface area contributed by atoms with Crippen molar-refractivity contribution in [1.82, 2.24) is 10.3 Å². The zero-order valence-corrected chi connectivity index (χ0v) is 19.3. The van der Waals surface area contributed by atoms with Gasteiger partial charge in [-0.1, -0.05) is 0 Å². The van der Waals surface area contributed by atoms with Gasteiger partial charge in [-0.15, -0.1) is 0 Å². The van der Waals surface area contributed by atoms with Crippen LogP contribution in [0.25, 0.3) is 21.8 Å². The zero-order valence-electron chi connectivity index (χ0n) is 18.6. The molecule has 0 bridgehead atoms. The van der Waals surface area contributed by atoms with Crippen LogP contribution >= 0.6 is 0 Å². The highest BCUT2D eigenvalue weighted by Crippen LogP contribution is 2.38. The summed E-state index contributed by atoms with van der Waals surface area (Å²) in [6, 6.07) is 8.29. The van der Waals surface area contributed by atoms with Crippen LogP contribution in [0.2, 0.25) is 0 Å². The number of benzene rings is 2. The van der Waals surface area contributed by atoms with Gasteiger partial charge < -0.3 is 37.6 Å². The van der Waals surface area contributed by atoms with Crippen LogP contribution in [-0.4, -0.2) is 54.5 Å². The van der Waals surface area contributed by atoms with Crippen LogP contribution in [0.1, 0.15) is 20.3 Å². The molecule has 3 rings (SSSR count). The van der Waals surface area contributed by atoms with E-state index < -0.39 is 10.5 Å². The average Bonchev–Trinajstić information content (AvgIpc) is 2.73. The topological polar surface area (TPSA) is 119 Å². The molecule has 0 radical (unpaired) electrons. The van der Waals surface area contributed by atoms with Crippen LogP contribution in [0, 0.1) is 10.1 Å². The first-order chi connectivity index (χ1) is 14.7. The number of nitrogens with one attached hydrogen (secondary N) is 2. The average molecular weight is 464 g/mol. The normalized spacial score (nSPS) is 11.3. The molecule has 0 fully saturated rings. The van der Waals surface area contributed by atoms with Gasteiger partial charge in [0.1, 0.15) is 0 Å². The molecule has 0 unspecified atom stereocenters. The SMILES string of the molecule is COc1cc2nc3cc([N+](=O)[O-])ccc3c(NCCCNCC(C)(C)O)c2cc1OC.[Cl-]. The van der Waals surface area contributed by atoms with E-state index in [4.69, 9.17) is 9.47 Å². The second-order valence-electron chi connectivity index (χ2n) is 7.94. The Morgan fingerprint density at radius 3 is 2.34 bits per heavy atom. The lowest BCUT2D eigenvalue weighted by molar-refractivity contribution is -0.384. The number of pyridine rings is 1. The van der Waals surface area contributed by atoms with Crippen molar-refractivity contribution in [3.05, 3.63) is 40.4 Å². The smallest absolute Gasteiger partial charge is 0.271 e. The van der Waals surface area contributed by atoms with Crippen molar-refractivity contribution in [2.45, 2.75) is 25.9 Å². The summed E-state index contributed by atoms with van der Waals surface area (Å²) in [5.41, 5.74) is 1.24. The Morgan fingerprint density at radius 1 is 1.06 bits per heavy atom. The highest BCUT2D eigenvalue weighted by molar-refractivity contribution is 6.08. The molecule has 0 saturated carbocycles. The Morgan fingerprint density at radius 2 is 1.72 bits per heavy atom. The molecule has 32 heavy (non-hydrogen) atoms. The highest BCUT2D eigenvalue weighted by Gasteiger charge is 2.16. The summed E-state index contributed by atoms with van der Waals surface area (Å²) < 4.78 is 10.8. The summed E-state index contributed by atoms with van der Waals surface area (Å²) in [5, 5.41) is 29.3. The van der Waals surface area contributed by atoms with Crippen LogP contribution in [-0.2, 0) is 0 Å². The monoisotopic (exact) mass is 463 g/mol. The molecule has 3 N–H and O–H groups in total. The number of nitro benzene ring substituents is 1. The van der Waals surface area contributed by atoms with Gasteiger partial charge >= 0.3 is 0 Å². The Hall–Kier alpha value is -2.88. The van der Waals surface area contributed by atoms with E-state index in [2.05, 4.69) is 15.6 Å². The van der Waals surface area contributed by atoms with Gasteiger partial charge in [0.15, 0.2) is 11.5 Å². The minimum absolute atomic E-state index is 0. The number of hydrogen-bond acceptors (Lipinski definition) is 8. The van der Waals surface area contributed by atoms with Gasteiger partial charge in [-0.2, -0.15) is 0 Å². The summed E-state index contributed by atoms with van der Waals surface area (Å²) in [4.78, 5) is 15.4. The van der Waals surface area contributed by atoms with Crippen molar-refractivity contribution in [2.24, 2.45) is 0 Å². The molecule has 174 valence electrons. The molecule has 9 nitrogen and oxygen atoms in total. The van der Waals surface area contributed by atoms with E-state index in [9.17, 15) is 15.2 Å². The molecule has 0 atom stereocenters.